The van der Waals surface area contributed by atoms with Crippen LogP contribution < -0.4 is 0 Å². The van der Waals surface area contributed by atoms with Crippen molar-refractivity contribution in [3.05, 3.63) is 12.7 Å². The maximum absolute atomic E-state index is 12.4. The SMILES string of the molecule is O=C(CCn1cnnc1)N1CCO[C@H]2C[C@H](CO)C[C@@H]21. The Kier molecular flexibility index (Phi) is 3.98. The lowest BCUT2D eigenvalue weighted by Crippen LogP contribution is -2.51. The molecule has 0 unspecified atom stereocenters. The number of amides is 1. The van der Waals surface area contributed by atoms with Crippen molar-refractivity contribution in [1.82, 2.24) is 19.7 Å². The van der Waals surface area contributed by atoms with Gasteiger partial charge in [0.1, 0.15) is 12.7 Å². The van der Waals surface area contributed by atoms with Gasteiger partial charge in [0.05, 0.1) is 18.8 Å². The summed E-state index contributed by atoms with van der Waals surface area (Å²) in [5.41, 5.74) is 0. The summed E-state index contributed by atoms with van der Waals surface area (Å²) in [5.74, 6) is 0.409. The number of aliphatic hydroxyl groups is 1. The fraction of sp³-hybridized carbons (Fsp3) is 0.769. The van der Waals surface area contributed by atoms with Gasteiger partial charge in [0, 0.05) is 26.1 Å². The number of aromatic nitrogens is 3. The molecule has 7 nitrogen and oxygen atoms in total. The molecule has 1 saturated heterocycles. The van der Waals surface area contributed by atoms with Gasteiger partial charge in [0.25, 0.3) is 0 Å². The highest BCUT2D eigenvalue weighted by molar-refractivity contribution is 5.76. The molecule has 7 heteroatoms. The second-order valence-electron chi connectivity index (χ2n) is 5.53. The van der Waals surface area contributed by atoms with Crippen molar-refractivity contribution in [2.45, 2.75) is 38.0 Å². The number of carbonyl (C=O) groups excluding carboxylic acids is 1. The number of carbonyl (C=O) groups is 1. The van der Waals surface area contributed by atoms with E-state index in [-0.39, 0.29) is 30.6 Å². The Balaban J connectivity index is 1.59. The predicted octanol–water partition coefficient (Wildman–Crippen LogP) is -0.333. The number of fused-ring (bicyclic) bond motifs is 1. The number of hydrogen-bond acceptors (Lipinski definition) is 5. The molecule has 1 saturated carbocycles. The standard InChI is InChI=1S/C13H20N4O3/c18-7-10-5-11-12(6-10)20-4-3-17(11)13(19)1-2-16-8-14-15-9-16/h8-12,18H,1-7H2/t10-,11+,12+/m1/s1. The maximum Gasteiger partial charge on any atom is 0.224 e. The van der Waals surface area contributed by atoms with Gasteiger partial charge >= 0.3 is 0 Å². The second kappa shape index (κ2) is 5.88. The Hall–Kier alpha value is -1.47. The molecule has 0 bridgehead atoms. The van der Waals surface area contributed by atoms with Gasteiger partial charge < -0.3 is 19.3 Å². The lowest BCUT2D eigenvalue weighted by atomic mass is 10.1. The Morgan fingerprint density at radius 2 is 2.15 bits per heavy atom. The van der Waals surface area contributed by atoms with E-state index in [0.29, 0.717) is 26.1 Å². The molecule has 1 aromatic rings. The van der Waals surface area contributed by atoms with Crippen LogP contribution in [0.1, 0.15) is 19.3 Å². The molecule has 1 N–H and O–H groups in total. The molecule has 0 radical (unpaired) electrons. The Bertz CT molecular complexity index is 450. The summed E-state index contributed by atoms with van der Waals surface area (Å²) in [6.45, 7) is 2.03. The van der Waals surface area contributed by atoms with E-state index in [1.807, 2.05) is 4.90 Å². The van der Waals surface area contributed by atoms with E-state index in [1.54, 1.807) is 17.2 Å². The summed E-state index contributed by atoms with van der Waals surface area (Å²) >= 11 is 0. The maximum atomic E-state index is 12.4. The predicted molar refractivity (Wildman–Crippen MR) is 69.7 cm³/mol. The first-order chi connectivity index (χ1) is 9.78. The summed E-state index contributed by atoms with van der Waals surface area (Å²) in [6.07, 6.45) is 5.49. The van der Waals surface area contributed by atoms with E-state index < -0.39 is 0 Å². The molecule has 1 aromatic heterocycles. The number of aryl methyl sites for hydroxylation is 1. The quantitative estimate of drug-likeness (QED) is 0.816. The number of rotatable bonds is 4. The van der Waals surface area contributed by atoms with Crippen LogP contribution in [0.2, 0.25) is 0 Å². The first kappa shape index (κ1) is 13.5. The molecule has 0 spiro atoms. The average Bonchev–Trinajstić information content (AvgIpc) is 3.12. The zero-order valence-electron chi connectivity index (χ0n) is 11.4. The monoisotopic (exact) mass is 280 g/mol. The summed E-state index contributed by atoms with van der Waals surface area (Å²) in [5, 5.41) is 16.7. The van der Waals surface area contributed by atoms with Crippen molar-refractivity contribution < 1.29 is 14.6 Å². The fourth-order valence-electron chi connectivity index (χ4n) is 3.22. The molecular formula is C13H20N4O3. The number of ether oxygens (including phenoxy) is 1. The molecule has 0 aromatic carbocycles. The van der Waals surface area contributed by atoms with Crippen molar-refractivity contribution in [2.24, 2.45) is 5.92 Å². The van der Waals surface area contributed by atoms with Crippen LogP contribution >= 0.6 is 0 Å². The number of nitrogens with zero attached hydrogens (tertiary/aromatic N) is 4. The second-order valence-corrected chi connectivity index (χ2v) is 5.53. The molecule has 20 heavy (non-hydrogen) atoms. The summed E-state index contributed by atoms with van der Waals surface area (Å²) in [4.78, 5) is 14.3. The van der Waals surface area contributed by atoms with Crippen LogP contribution in [0, 0.1) is 5.92 Å². The van der Waals surface area contributed by atoms with Gasteiger partial charge in [-0.15, -0.1) is 10.2 Å². The van der Waals surface area contributed by atoms with Gasteiger partial charge in [-0.25, -0.2) is 0 Å². The Labute approximate surface area is 117 Å². The smallest absolute Gasteiger partial charge is 0.224 e. The van der Waals surface area contributed by atoms with Crippen LogP contribution in [0.5, 0.6) is 0 Å². The van der Waals surface area contributed by atoms with Gasteiger partial charge in [-0.2, -0.15) is 0 Å². The summed E-state index contributed by atoms with van der Waals surface area (Å²) < 4.78 is 7.54. The van der Waals surface area contributed by atoms with Gasteiger partial charge in [-0.3, -0.25) is 4.79 Å². The molecule has 3 rings (SSSR count). The number of aliphatic hydroxyl groups excluding tert-OH is 1. The Morgan fingerprint density at radius 1 is 1.35 bits per heavy atom. The third kappa shape index (κ3) is 2.69. The van der Waals surface area contributed by atoms with Gasteiger partial charge in [-0.05, 0) is 18.8 Å². The molecule has 1 amide bonds. The van der Waals surface area contributed by atoms with E-state index in [2.05, 4.69) is 10.2 Å². The largest absolute Gasteiger partial charge is 0.396 e. The minimum absolute atomic E-state index is 0.0970. The molecule has 110 valence electrons. The molecule has 2 fully saturated rings. The topological polar surface area (TPSA) is 80.5 Å². The highest BCUT2D eigenvalue weighted by atomic mass is 16.5. The minimum Gasteiger partial charge on any atom is -0.396 e. The van der Waals surface area contributed by atoms with Crippen molar-refractivity contribution in [3.63, 3.8) is 0 Å². The van der Waals surface area contributed by atoms with Crippen LogP contribution in [0.15, 0.2) is 12.7 Å². The fourth-order valence-corrected chi connectivity index (χ4v) is 3.22. The lowest BCUT2D eigenvalue weighted by Gasteiger charge is -2.37. The zero-order valence-corrected chi connectivity index (χ0v) is 11.4. The van der Waals surface area contributed by atoms with Gasteiger partial charge in [0.15, 0.2) is 0 Å². The molecule has 1 aliphatic carbocycles. The first-order valence-electron chi connectivity index (χ1n) is 7.12. The molecule has 2 aliphatic rings. The third-order valence-electron chi connectivity index (χ3n) is 4.26. The minimum atomic E-state index is 0.0970. The highest BCUT2D eigenvalue weighted by Gasteiger charge is 2.42. The molecule has 3 atom stereocenters. The number of morpholine rings is 1. The van der Waals surface area contributed by atoms with E-state index in [4.69, 9.17) is 4.74 Å². The first-order valence-corrected chi connectivity index (χ1v) is 7.12. The van der Waals surface area contributed by atoms with Gasteiger partial charge in [0.2, 0.25) is 5.91 Å². The van der Waals surface area contributed by atoms with Crippen LogP contribution in [0.4, 0.5) is 0 Å². The highest BCUT2D eigenvalue weighted by Crippen LogP contribution is 2.34. The van der Waals surface area contributed by atoms with Gasteiger partial charge in [-0.1, -0.05) is 0 Å². The van der Waals surface area contributed by atoms with E-state index in [9.17, 15) is 9.90 Å². The van der Waals surface area contributed by atoms with E-state index in [0.717, 1.165) is 12.8 Å². The van der Waals surface area contributed by atoms with Crippen LogP contribution in [-0.4, -0.2) is 62.6 Å². The lowest BCUT2D eigenvalue weighted by molar-refractivity contribution is -0.144. The number of hydrogen-bond donors (Lipinski definition) is 1. The molecule has 2 heterocycles. The van der Waals surface area contributed by atoms with Crippen molar-refractivity contribution in [2.75, 3.05) is 19.8 Å². The van der Waals surface area contributed by atoms with Crippen molar-refractivity contribution in [3.8, 4) is 0 Å². The zero-order chi connectivity index (χ0) is 13.9. The summed E-state index contributed by atoms with van der Waals surface area (Å²) in [6, 6.07) is 0.134. The van der Waals surface area contributed by atoms with Crippen LogP contribution in [0.25, 0.3) is 0 Å². The van der Waals surface area contributed by atoms with Crippen LogP contribution in [0.3, 0.4) is 0 Å². The molecular weight excluding hydrogens is 260 g/mol. The van der Waals surface area contributed by atoms with Crippen molar-refractivity contribution in [1.29, 1.82) is 0 Å². The third-order valence-corrected chi connectivity index (χ3v) is 4.26. The normalized spacial score (nSPS) is 29.4. The Morgan fingerprint density at radius 3 is 2.90 bits per heavy atom. The summed E-state index contributed by atoms with van der Waals surface area (Å²) in [7, 11) is 0. The van der Waals surface area contributed by atoms with E-state index in [1.165, 1.54) is 0 Å². The van der Waals surface area contributed by atoms with Crippen molar-refractivity contribution >= 4 is 5.91 Å². The van der Waals surface area contributed by atoms with E-state index >= 15 is 0 Å². The average molecular weight is 280 g/mol. The van der Waals surface area contributed by atoms with Crippen LogP contribution in [-0.2, 0) is 16.1 Å². The molecule has 1 aliphatic heterocycles.